The van der Waals surface area contributed by atoms with Crippen LogP contribution in [0.1, 0.15) is 36.9 Å². The number of nitrogens with one attached hydrogen (secondary N) is 1. The zero-order valence-corrected chi connectivity index (χ0v) is 13.9. The summed E-state index contributed by atoms with van der Waals surface area (Å²) in [6.45, 7) is 5.71. The Balaban J connectivity index is 1.65. The Bertz CT molecular complexity index is 590. The highest BCUT2D eigenvalue weighted by atomic mass is 35.5. The molecule has 4 heteroatoms. The van der Waals surface area contributed by atoms with Gasteiger partial charge in [-0.05, 0) is 67.6 Å². The van der Waals surface area contributed by atoms with Crippen molar-refractivity contribution in [3.8, 4) is 0 Å². The normalized spacial score (nSPS) is 17.0. The van der Waals surface area contributed by atoms with Gasteiger partial charge in [-0.15, -0.1) is 11.3 Å². The van der Waals surface area contributed by atoms with Gasteiger partial charge in [0, 0.05) is 18.3 Å². The molecule has 2 heterocycles. The summed E-state index contributed by atoms with van der Waals surface area (Å²) in [5, 5.41) is 5.69. The summed E-state index contributed by atoms with van der Waals surface area (Å²) in [4.78, 5) is 2.53. The van der Waals surface area contributed by atoms with Crippen molar-refractivity contribution in [2.24, 2.45) is 0 Å². The number of anilines is 1. The molecule has 3 rings (SSSR count). The molecular weight excluding hydrogens is 300 g/mol. The van der Waals surface area contributed by atoms with E-state index in [0.29, 0.717) is 0 Å². The molecule has 0 aliphatic carbocycles. The van der Waals surface area contributed by atoms with Gasteiger partial charge in [-0.2, -0.15) is 0 Å². The highest BCUT2D eigenvalue weighted by molar-refractivity contribution is 7.14. The molecule has 0 spiro atoms. The number of hydrogen-bond acceptors (Lipinski definition) is 3. The van der Waals surface area contributed by atoms with Gasteiger partial charge in [0.05, 0.1) is 4.34 Å². The average Bonchev–Trinajstić information content (AvgIpc) is 3.11. The van der Waals surface area contributed by atoms with E-state index < -0.39 is 0 Å². The predicted molar refractivity (Wildman–Crippen MR) is 92.3 cm³/mol. The van der Waals surface area contributed by atoms with Crippen LogP contribution in [0.3, 0.4) is 0 Å². The molecule has 1 aromatic carbocycles. The molecule has 1 fully saturated rings. The summed E-state index contributed by atoms with van der Waals surface area (Å²) in [6.07, 6.45) is 2.68. The highest BCUT2D eigenvalue weighted by Crippen LogP contribution is 2.27. The standard InChI is InChI=1S/C17H21ClN2S/c1-13(15-10-17(18)21-12-15)19-16-6-4-5-14(9-16)11-20-7-2-3-8-20/h4-6,9-10,12-13,19H,2-3,7-8,11H2,1H3. The summed E-state index contributed by atoms with van der Waals surface area (Å²) >= 11 is 7.60. The number of thiophene rings is 1. The van der Waals surface area contributed by atoms with Crippen molar-refractivity contribution in [2.75, 3.05) is 18.4 Å². The van der Waals surface area contributed by atoms with Gasteiger partial charge in [-0.1, -0.05) is 23.7 Å². The molecule has 2 aromatic rings. The number of nitrogens with zero attached hydrogens (tertiary/aromatic N) is 1. The largest absolute Gasteiger partial charge is 0.378 e. The van der Waals surface area contributed by atoms with E-state index in [1.807, 2.05) is 6.07 Å². The fraction of sp³-hybridized carbons (Fsp3) is 0.412. The number of benzene rings is 1. The van der Waals surface area contributed by atoms with Crippen LogP contribution in [-0.2, 0) is 6.54 Å². The van der Waals surface area contributed by atoms with E-state index >= 15 is 0 Å². The van der Waals surface area contributed by atoms with Crippen LogP contribution in [0.25, 0.3) is 0 Å². The molecule has 0 radical (unpaired) electrons. The number of hydrogen-bond donors (Lipinski definition) is 1. The summed E-state index contributed by atoms with van der Waals surface area (Å²) in [5.41, 5.74) is 3.81. The van der Waals surface area contributed by atoms with E-state index in [4.69, 9.17) is 11.6 Å². The second kappa shape index (κ2) is 6.82. The second-order valence-electron chi connectivity index (χ2n) is 5.73. The molecule has 0 bridgehead atoms. The summed E-state index contributed by atoms with van der Waals surface area (Å²) in [5.74, 6) is 0. The maximum absolute atomic E-state index is 6.01. The van der Waals surface area contributed by atoms with Gasteiger partial charge in [0.1, 0.15) is 0 Å². The molecule has 0 saturated carbocycles. The first-order valence-corrected chi connectivity index (χ1v) is 8.78. The fourth-order valence-electron chi connectivity index (χ4n) is 2.84. The van der Waals surface area contributed by atoms with Gasteiger partial charge < -0.3 is 5.32 Å². The molecule has 1 atom stereocenters. The molecule has 1 aliphatic heterocycles. The van der Waals surface area contributed by atoms with Gasteiger partial charge in [0.2, 0.25) is 0 Å². The molecule has 0 amide bonds. The van der Waals surface area contributed by atoms with Gasteiger partial charge in [-0.3, -0.25) is 4.90 Å². The van der Waals surface area contributed by atoms with Crippen LogP contribution >= 0.6 is 22.9 Å². The zero-order valence-electron chi connectivity index (χ0n) is 12.3. The lowest BCUT2D eigenvalue weighted by Gasteiger charge is -2.17. The first kappa shape index (κ1) is 14.9. The van der Waals surface area contributed by atoms with Crippen molar-refractivity contribution < 1.29 is 0 Å². The number of halogens is 1. The van der Waals surface area contributed by atoms with Gasteiger partial charge >= 0.3 is 0 Å². The van der Waals surface area contributed by atoms with Crippen molar-refractivity contribution in [3.63, 3.8) is 0 Å². The minimum Gasteiger partial charge on any atom is -0.378 e. The Morgan fingerprint density at radius 2 is 2.10 bits per heavy atom. The number of likely N-dealkylation sites (tertiary alicyclic amines) is 1. The van der Waals surface area contributed by atoms with Gasteiger partial charge in [0.15, 0.2) is 0 Å². The lowest BCUT2D eigenvalue weighted by Crippen LogP contribution is -2.18. The van der Waals surface area contributed by atoms with Crippen LogP contribution in [0.4, 0.5) is 5.69 Å². The van der Waals surface area contributed by atoms with Crippen molar-refractivity contribution in [1.29, 1.82) is 0 Å². The maximum Gasteiger partial charge on any atom is 0.0931 e. The van der Waals surface area contributed by atoms with Crippen molar-refractivity contribution in [1.82, 2.24) is 4.90 Å². The quantitative estimate of drug-likeness (QED) is 0.817. The number of rotatable bonds is 5. The minimum absolute atomic E-state index is 0.274. The SMILES string of the molecule is CC(Nc1cccc(CN2CCCC2)c1)c1csc(Cl)c1. The van der Waals surface area contributed by atoms with Crippen LogP contribution in [0.5, 0.6) is 0 Å². The zero-order chi connectivity index (χ0) is 14.7. The summed E-state index contributed by atoms with van der Waals surface area (Å²) in [6, 6.07) is 11.1. The highest BCUT2D eigenvalue weighted by Gasteiger charge is 2.12. The monoisotopic (exact) mass is 320 g/mol. The summed E-state index contributed by atoms with van der Waals surface area (Å²) < 4.78 is 0.849. The van der Waals surface area contributed by atoms with Crippen molar-refractivity contribution >= 4 is 28.6 Å². The smallest absolute Gasteiger partial charge is 0.0931 e. The van der Waals surface area contributed by atoms with Gasteiger partial charge in [-0.25, -0.2) is 0 Å². The minimum atomic E-state index is 0.274. The van der Waals surface area contributed by atoms with Crippen LogP contribution in [0.15, 0.2) is 35.7 Å². The van der Waals surface area contributed by atoms with Crippen molar-refractivity contribution in [3.05, 3.63) is 51.2 Å². The Kier molecular flexibility index (Phi) is 4.84. The van der Waals surface area contributed by atoms with E-state index in [-0.39, 0.29) is 6.04 Å². The fourth-order valence-corrected chi connectivity index (χ4v) is 3.83. The molecule has 1 aromatic heterocycles. The second-order valence-corrected chi connectivity index (χ2v) is 7.28. The Hall–Kier alpha value is -1.03. The van der Waals surface area contributed by atoms with Crippen molar-refractivity contribution in [2.45, 2.75) is 32.4 Å². The molecule has 2 nitrogen and oxygen atoms in total. The molecule has 1 saturated heterocycles. The average molecular weight is 321 g/mol. The Morgan fingerprint density at radius 1 is 1.29 bits per heavy atom. The first-order chi connectivity index (χ1) is 10.2. The Morgan fingerprint density at radius 3 is 2.81 bits per heavy atom. The first-order valence-electron chi connectivity index (χ1n) is 7.52. The third-order valence-electron chi connectivity index (χ3n) is 4.00. The molecule has 1 N–H and O–H groups in total. The van der Waals surface area contributed by atoms with E-state index in [0.717, 1.165) is 10.9 Å². The predicted octanol–water partition coefficient (Wildman–Crippen LogP) is 5.17. The van der Waals surface area contributed by atoms with Crippen LogP contribution in [-0.4, -0.2) is 18.0 Å². The van der Waals surface area contributed by atoms with Crippen LogP contribution in [0, 0.1) is 0 Å². The molecular formula is C17H21ClN2S. The summed E-state index contributed by atoms with van der Waals surface area (Å²) in [7, 11) is 0. The van der Waals surface area contributed by atoms with E-state index in [1.54, 1.807) is 11.3 Å². The van der Waals surface area contributed by atoms with Gasteiger partial charge in [0.25, 0.3) is 0 Å². The van der Waals surface area contributed by atoms with E-state index in [9.17, 15) is 0 Å². The van der Waals surface area contributed by atoms with E-state index in [2.05, 4.69) is 46.8 Å². The topological polar surface area (TPSA) is 15.3 Å². The molecule has 1 unspecified atom stereocenters. The third-order valence-corrected chi connectivity index (χ3v) is 5.11. The lowest BCUT2D eigenvalue weighted by molar-refractivity contribution is 0.331. The van der Waals surface area contributed by atoms with Crippen LogP contribution < -0.4 is 5.32 Å². The molecule has 21 heavy (non-hydrogen) atoms. The van der Waals surface area contributed by atoms with Crippen LogP contribution in [0.2, 0.25) is 4.34 Å². The van der Waals surface area contributed by atoms with E-state index in [1.165, 1.54) is 42.7 Å². The molecule has 1 aliphatic rings. The Labute approximate surface area is 135 Å². The third kappa shape index (κ3) is 4.00. The maximum atomic E-state index is 6.01. The molecule has 112 valence electrons. The lowest BCUT2D eigenvalue weighted by atomic mass is 10.1.